The Kier molecular flexibility index (Phi) is 5.33. The van der Waals surface area contributed by atoms with Crippen LogP contribution in [0, 0.1) is 0 Å². The van der Waals surface area contributed by atoms with Crippen LogP contribution in [0.1, 0.15) is 25.3 Å². The fourth-order valence-electron chi connectivity index (χ4n) is 1.50. The van der Waals surface area contributed by atoms with Gasteiger partial charge >= 0.3 is 0 Å². The average molecular weight is 236 g/mol. The van der Waals surface area contributed by atoms with Crippen molar-refractivity contribution in [3.8, 4) is 11.5 Å². The molecule has 0 spiro atoms. The maximum Gasteiger partial charge on any atom is 0.127 e. The van der Waals surface area contributed by atoms with E-state index in [4.69, 9.17) is 15.2 Å². The fourth-order valence-corrected chi connectivity index (χ4v) is 1.50. The van der Waals surface area contributed by atoms with Crippen LogP contribution in [0.3, 0.4) is 0 Å². The number of ether oxygens (including phenoxy) is 2. The molecule has 0 fully saturated rings. The molecule has 0 saturated carbocycles. The third-order valence-corrected chi connectivity index (χ3v) is 2.45. The lowest BCUT2D eigenvalue weighted by Gasteiger charge is -2.08. The van der Waals surface area contributed by atoms with E-state index in [0.29, 0.717) is 12.4 Å². The predicted molar refractivity (Wildman–Crippen MR) is 69.8 cm³/mol. The van der Waals surface area contributed by atoms with E-state index in [1.807, 2.05) is 18.2 Å². The number of methoxy groups -OCH3 is 2. The maximum absolute atomic E-state index is 5.76. The minimum absolute atomic E-state index is 0.541. The van der Waals surface area contributed by atoms with Crippen LogP contribution in [0.15, 0.2) is 23.2 Å². The summed E-state index contributed by atoms with van der Waals surface area (Å²) in [6.07, 6.45) is 1.84. The van der Waals surface area contributed by atoms with Crippen LogP contribution < -0.4 is 15.2 Å². The van der Waals surface area contributed by atoms with Crippen molar-refractivity contribution in [2.45, 2.75) is 26.3 Å². The highest BCUT2D eigenvalue weighted by atomic mass is 16.5. The van der Waals surface area contributed by atoms with E-state index in [1.54, 1.807) is 14.2 Å². The number of hydrogen-bond acceptors (Lipinski definition) is 3. The maximum atomic E-state index is 5.76. The molecule has 0 aromatic heterocycles. The number of nitrogens with zero attached hydrogens (tertiary/aromatic N) is 1. The van der Waals surface area contributed by atoms with Crippen LogP contribution in [0.5, 0.6) is 11.5 Å². The minimum atomic E-state index is 0.541. The lowest BCUT2D eigenvalue weighted by atomic mass is 10.2. The smallest absolute Gasteiger partial charge is 0.127 e. The van der Waals surface area contributed by atoms with Crippen LogP contribution in [-0.2, 0) is 6.54 Å². The van der Waals surface area contributed by atoms with Gasteiger partial charge in [-0.1, -0.05) is 6.92 Å². The van der Waals surface area contributed by atoms with Crippen LogP contribution in [0.4, 0.5) is 0 Å². The predicted octanol–water partition coefficient (Wildman–Crippen LogP) is 2.36. The van der Waals surface area contributed by atoms with Crippen LogP contribution >= 0.6 is 0 Å². The van der Waals surface area contributed by atoms with Gasteiger partial charge in [-0.15, -0.1) is 0 Å². The molecule has 4 heteroatoms. The minimum Gasteiger partial charge on any atom is -0.497 e. The van der Waals surface area contributed by atoms with E-state index < -0.39 is 0 Å². The number of benzene rings is 1. The van der Waals surface area contributed by atoms with Crippen LogP contribution in [0.25, 0.3) is 0 Å². The summed E-state index contributed by atoms with van der Waals surface area (Å²) >= 11 is 0. The van der Waals surface area contributed by atoms with Crippen molar-refractivity contribution >= 4 is 5.84 Å². The van der Waals surface area contributed by atoms with Gasteiger partial charge in [0.25, 0.3) is 0 Å². The van der Waals surface area contributed by atoms with E-state index in [9.17, 15) is 0 Å². The van der Waals surface area contributed by atoms with E-state index in [0.717, 1.165) is 29.9 Å². The third-order valence-electron chi connectivity index (χ3n) is 2.45. The van der Waals surface area contributed by atoms with Gasteiger partial charge < -0.3 is 15.2 Å². The molecular formula is C13H20N2O2. The molecule has 0 atom stereocenters. The van der Waals surface area contributed by atoms with Crippen molar-refractivity contribution < 1.29 is 9.47 Å². The second-order valence-corrected chi connectivity index (χ2v) is 3.74. The van der Waals surface area contributed by atoms with Gasteiger partial charge in [0.1, 0.15) is 11.5 Å². The molecule has 2 N–H and O–H groups in total. The van der Waals surface area contributed by atoms with Gasteiger partial charge in [0, 0.05) is 18.1 Å². The molecule has 1 aromatic rings. The Morgan fingerprint density at radius 2 is 2.06 bits per heavy atom. The summed E-state index contributed by atoms with van der Waals surface area (Å²) < 4.78 is 10.4. The van der Waals surface area contributed by atoms with Gasteiger partial charge in [-0.05, 0) is 18.6 Å². The van der Waals surface area contributed by atoms with Crippen LogP contribution in [0.2, 0.25) is 0 Å². The zero-order valence-electron chi connectivity index (χ0n) is 10.7. The summed E-state index contributed by atoms with van der Waals surface area (Å²) in [5.74, 6) is 2.24. The molecule has 0 amide bonds. The van der Waals surface area contributed by atoms with Gasteiger partial charge in [0.15, 0.2) is 0 Å². The molecule has 1 aromatic carbocycles. The molecule has 1 rings (SSSR count). The summed E-state index contributed by atoms with van der Waals surface area (Å²) in [7, 11) is 3.27. The molecule has 0 aliphatic rings. The first-order valence-corrected chi connectivity index (χ1v) is 5.71. The van der Waals surface area contributed by atoms with Crippen LogP contribution in [-0.4, -0.2) is 20.1 Å². The first-order valence-electron chi connectivity index (χ1n) is 5.71. The van der Waals surface area contributed by atoms with E-state index >= 15 is 0 Å². The number of amidine groups is 1. The first-order chi connectivity index (χ1) is 8.21. The number of rotatable bonds is 6. The van der Waals surface area contributed by atoms with Gasteiger partial charge in [0.05, 0.1) is 26.6 Å². The molecule has 0 heterocycles. The third kappa shape index (κ3) is 3.98. The molecule has 17 heavy (non-hydrogen) atoms. The highest BCUT2D eigenvalue weighted by Crippen LogP contribution is 2.25. The highest BCUT2D eigenvalue weighted by molar-refractivity contribution is 5.80. The van der Waals surface area contributed by atoms with Gasteiger partial charge in [-0.25, -0.2) is 0 Å². The summed E-state index contributed by atoms with van der Waals surface area (Å²) in [6, 6.07) is 5.69. The van der Waals surface area contributed by atoms with Crippen molar-refractivity contribution in [3.63, 3.8) is 0 Å². The Morgan fingerprint density at radius 3 is 2.65 bits per heavy atom. The lowest BCUT2D eigenvalue weighted by Crippen LogP contribution is -2.11. The molecule has 94 valence electrons. The van der Waals surface area contributed by atoms with Crippen molar-refractivity contribution in [2.24, 2.45) is 10.7 Å². The lowest BCUT2D eigenvalue weighted by molar-refractivity contribution is 0.391. The number of nitrogens with two attached hydrogens (primary N) is 1. The molecule has 0 unspecified atom stereocenters. The number of aliphatic imine (C=N–C) groups is 1. The second-order valence-electron chi connectivity index (χ2n) is 3.74. The molecule has 0 aliphatic heterocycles. The monoisotopic (exact) mass is 236 g/mol. The van der Waals surface area contributed by atoms with E-state index in [2.05, 4.69) is 11.9 Å². The number of hydrogen-bond donors (Lipinski definition) is 1. The summed E-state index contributed by atoms with van der Waals surface area (Å²) in [5, 5.41) is 0. The van der Waals surface area contributed by atoms with Crippen molar-refractivity contribution in [1.29, 1.82) is 0 Å². The summed E-state index contributed by atoms with van der Waals surface area (Å²) in [4.78, 5) is 4.32. The Balaban J connectivity index is 2.80. The summed E-state index contributed by atoms with van der Waals surface area (Å²) in [5.41, 5.74) is 6.77. The van der Waals surface area contributed by atoms with Gasteiger partial charge in [0.2, 0.25) is 0 Å². The summed E-state index contributed by atoms with van der Waals surface area (Å²) in [6.45, 7) is 2.62. The highest BCUT2D eigenvalue weighted by Gasteiger charge is 2.04. The average Bonchev–Trinajstić information content (AvgIpc) is 2.36. The normalized spacial score (nSPS) is 11.4. The molecule has 0 bridgehead atoms. The Morgan fingerprint density at radius 1 is 1.29 bits per heavy atom. The molecule has 0 radical (unpaired) electrons. The molecule has 4 nitrogen and oxygen atoms in total. The zero-order chi connectivity index (χ0) is 12.7. The Hall–Kier alpha value is -1.71. The van der Waals surface area contributed by atoms with E-state index in [1.165, 1.54) is 0 Å². The Bertz CT molecular complexity index is 389. The standard InChI is InChI=1S/C13H20N2O2/c1-4-5-13(14)15-9-10-6-7-11(16-2)8-12(10)17-3/h6-8H,4-5,9H2,1-3H3,(H2,14,15). The van der Waals surface area contributed by atoms with Crippen molar-refractivity contribution in [1.82, 2.24) is 0 Å². The topological polar surface area (TPSA) is 56.8 Å². The fraction of sp³-hybridized carbons (Fsp3) is 0.462. The first kappa shape index (κ1) is 13.4. The van der Waals surface area contributed by atoms with Crippen molar-refractivity contribution in [3.05, 3.63) is 23.8 Å². The molecular weight excluding hydrogens is 216 g/mol. The SMILES string of the molecule is CCCC(N)=NCc1ccc(OC)cc1OC. The van der Waals surface area contributed by atoms with Crippen molar-refractivity contribution in [2.75, 3.05) is 14.2 Å². The zero-order valence-corrected chi connectivity index (χ0v) is 10.7. The van der Waals surface area contributed by atoms with Gasteiger partial charge in [-0.3, -0.25) is 4.99 Å². The quantitative estimate of drug-likeness (QED) is 0.609. The largest absolute Gasteiger partial charge is 0.497 e. The second kappa shape index (κ2) is 6.78. The van der Waals surface area contributed by atoms with E-state index in [-0.39, 0.29) is 0 Å². The van der Waals surface area contributed by atoms with Gasteiger partial charge in [-0.2, -0.15) is 0 Å². The Labute approximate surface area is 102 Å². The molecule has 0 aliphatic carbocycles. The molecule has 0 saturated heterocycles.